The molecule has 0 aromatic rings. The summed E-state index contributed by atoms with van der Waals surface area (Å²) in [7, 11) is 0. The number of ether oxygens (including phenoxy) is 1. The minimum atomic E-state index is -0.232. The van der Waals surface area contributed by atoms with Crippen molar-refractivity contribution >= 4 is 11.8 Å². The number of nitrogens with zero attached hydrogens (tertiary/aromatic N) is 1. The molecule has 0 saturated heterocycles. The summed E-state index contributed by atoms with van der Waals surface area (Å²) in [5.41, 5.74) is 0.714. The molecular weight excluding hydrogens is 242 g/mol. The Kier molecular flexibility index (Phi) is 4.40. The van der Waals surface area contributed by atoms with E-state index in [2.05, 4.69) is 18.7 Å². The van der Waals surface area contributed by atoms with Gasteiger partial charge in [-0.1, -0.05) is 6.08 Å². The molecule has 0 N–H and O–H groups in total. The summed E-state index contributed by atoms with van der Waals surface area (Å²) in [5, 5.41) is 0. The van der Waals surface area contributed by atoms with Gasteiger partial charge in [0.2, 0.25) is 0 Å². The first-order valence-electron chi connectivity index (χ1n) is 7.18. The first kappa shape index (κ1) is 14.3. The predicted octanol–water partition coefficient (Wildman–Crippen LogP) is 1.94. The Morgan fingerprint density at radius 2 is 2.26 bits per heavy atom. The first-order chi connectivity index (χ1) is 9.02. The number of hydrogen-bond donors (Lipinski definition) is 0. The number of hydrogen-bond acceptors (Lipinski definition) is 4. The van der Waals surface area contributed by atoms with Crippen molar-refractivity contribution in [3.8, 4) is 0 Å². The summed E-state index contributed by atoms with van der Waals surface area (Å²) in [6, 6.07) is 0.773. The fourth-order valence-electron chi connectivity index (χ4n) is 3.15. The summed E-state index contributed by atoms with van der Waals surface area (Å²) >= 11 is 0. The topological polar surface area (TPSA) is 46.6 Å². The fraction of sp³-hybridized carbons (Fsp3) is 0.733. The molecule has 1 fully saturated rings. The molecule has 0 aromatic heterocycles. The molecule has 0 radical (unpaired) electrons. The first-order valence-corrected chi connectivity index (χ1v) is 7.18. The van der Waals surface area contributed by atoms with Crippen LogP contribution in [0.1, 0.15) is 40.0 Å². The maximum absolute atomic E-state index is 11.9. The zero-order chi connectivity index (χ0) is 14.0. The lowest BCUT2D eigenvalue weighted by molar-refractivity contribution is -0.139. The van der Waals surface area contributed by atoms with Gasteiger partial charge in [0.15, 0.2) is 0 Å². The van der Waals surface area contributed by atoms with Crippen molar-refractivity contribution in [3.63, 3.8) is 0 Å². The van der Waals surface area contributed by atoms with Gasteiger partial charge in [-0.15, -0.1) is 0 Å². The number of carbonyl (C=O) groups is 2. The van der Waals surface area contributed by atoms with E-state index in [0.29, 0.717) is 49.4 Å². The zero-order valence-corrected chi connectivity index (χ0v) is 12.0. The van der Waals surface area contributed by atoms with Crippen LogP contribution in [0.15, 0.2) is 11.6 Å². The maximum Gasteiger partial charge on any atom is 0.335 e. The van der Waals surface area contributed by atoms with Crippen LogP contribution in [0.2, 0.25) is 0 Å². The van der Waals surface area contributed by atoms with E-state index in [0.717, 1.165) is 6.42 Å². The van der Waals surface area contributed by atoms with Crippen molar-refractivity contribution in [1.82, 2.24) is 4.90 Å². The SMILES string of the molecule is CCOC(=O)C1=C[C@@H]2CC(=O)CC[C@H]2N(C(C)C)C1. The molecule has 1 aliphatic heterocycles. The lowest BCUT2D eigenvalue weighted by Crippen LogP contribution is -2.51. The molecule has 0 unspecified atom stereocenters. The summed E-state index contributed by atoms with van der Waals surface area (Å²) < 4.78 is 5.10. The van der Waals surface area contributed by atoms with Gasteiger partial charge in [-0.05, 0) is 27.2 Å². The zero-order valence-electron chi connectivity index (χ0n) is 12.0. The molecule has 0 bridgehead atoms. The van der Waals surface area contributed by atoms with Gasteiger partial charge >= 0.3 is 5.97 Å². The molecule has 1 aliphatic carbocycles. The fourth-order valence-corrected chi connectivity index (χ4v) is 3.15. The largest absolute Gasteiger partial charge is 0.463 e. The Bertz CT molecular complexity index is 400. The standard InChI is InChI=1S/C15H23NO3/c1-4-19-15(18)12-7-11-8-13(17)5-6-14(11)16(9-12)10(2)3/h7,10-11,14H,4-6,8-9H2,1-3H3/t11-,14-/m1/s1. The highest BCUT2D eigenvalue weighted by atomic mass is 16.5. The number of esters is 1. The number of carbonyl (C=O) groups excluding carboxylic acids is 2. The molecule has 2 aliphatic rings. The van der Waals surface area contributed by atoms with Crippen molar-refractivity contribution in [2.45, 2.75) is 52.1 Å². The Morgan fingerprint density at radius 3 is 2.89 bits per heavy atom. The van der Waals surface area contributed by atoms with Gasteiger partial charge in [0.05, 0.1) is 6.61 Å². The third-order valence-electron chi connectivity index (χ3n) is 4.07. The lowest BCUT2D eigenvalue weighted by Gasteiger charge is -2.44. The minimum absolute atomic E-state index is 0.178. The van der Waals surface area contributed by atoms with E-state index in [4.69, 9.17) is 4.74 Å². The molecule has 1 saturated carbocycles. The summed E-state index contributed by atoms with van der Waals surface area (Å²) in [6.07, 6.45) is 4.14. The van der Waals surface area contributed by atoms with E-state index in [9.17, 15) is 9.59 Å². The molecule has 1 heterocycles. The highest BCUT2D eigenvalue weighted by Gasteiger charge is 2.38. The highest BCUT2D eigenvalue weighted by molar-refractivity contribution is 5.89. The van der Waals surface area contributed by atoms with Gasteiger partial charge in [-0.2, -0.15) is 0 Å². The summed E-state index contributed by atoms with van der Waals surface area (Å²) in [6.45, 7) is 7.13. The van der Waals surface area contributed by atoms with Crippen molar-refractivity contribution in [2.24, 2.45) is 5.92 Å². The number of fused-ring (bicyclic) bond motifs is 1. The quantitative estimate of drug-likeness (QED) is 0.732. The van der Waals surface area contributed by atoms with Gasteiger partial charge in [-0.3, -0.25) is 9.69 Å². The number of rotatable bonds is 3. The van der Waals surface area contributed by atoms with Crippen LogP contribution in [0.3, 0.4) is 0 Å². The average Bonchev–Trinajstić information content (AvgIpc) is 2.37. The predicted molar refractivity (Wildman–Crippen MR) is 72.7 cm³/mol. The molecule has 106 valence electrons. The van der Waals surface area contributed by atoms with Gasteiger partial charge < -0.3 is 4.74 Å². The molecule has 4 heteroatoms. The molecule has 0 amide bonds. The van der Waals surface area contributed by atoms with Crippen LogP contribution in [-0.4, -0.2) is 41.9 Å². The van der Waals surface area contributed by atoms with E-state index in [1.807, 2.05) is 13.0 Å². The van der Waals surface area contributed by atoms with Crippen molar-refractivity contribution in [1.29, 1.82) is 0 Å². The number of Topliss-reactive ketones (excluding diaryl/α,β-unsaturated/α-hetero) is 1. The smallest absolute Gasteiger partial charge is 0.335 e. The molecule has 19 heavy (non-hydrogen) atoms. The van der Waals surface area contributed by atoms with Crippen LogP contribution in [0, 0.1) is 5.92 Å². The lowest BCUT2D eigenvalue weighted by atomic mass is 9.78. The second-order valence-corrected chi connectivity index (χ2v) is 5.69. The molecular formula is C15H23NO3. The molecule has 2 rings (SSSR count). The Balaban J connectivity index is 2.22. The van der Waals surface area contributed by atoms with Crippen LogP contribution in [-0.2, 0) is 14.3 Å². The van der Waals surface area contributed by atoms with Gasteiger partial charge in [0.25, 0.3) is 0 Å². The van der Waals surface area contributed by atoms with Crippen LogP contribution in [0.4, 0.5) is 0 Å². The van der Waals surface area contributed by atoms with Gasteiger partial charge in [0.1, 0.15) is 5.78 Å². The Hall–Kier alpha value is -1.16. The number of ketones is 1. The highest BCUT2D eigenvalue weighted by Crippen LogP contribution is 2.34. The third-order valence-corrected chi connectivity index (χ3v) is 4.07. The van der Waals surface area contributed by atoms with E-state index < -0.39 is 0 Å². The minimum Gasteiger partial charge on any atom is -0.463 e. The summed E-state index contributed by atoms with van der Waals surface area (Å²) in [4.78, 5) is 25.9. The average molecular weight is 265 g/mol. The van der Waals surface area contributed by atoms with Crippen molar-refractivity contribution < 1.29 is 14.3 Å². The van der Waals surface area contributed by atoms with Crippen molar-refractivity contribution in [3.05, 3.63) is 11.6 Å². The van der Waals surface area contributed by atoms with Crippen LogP contribution in [0.5, 0.6) is 0 Å². The second kappa shape index (κ2) is 5.87. The van der Waals surface area contributed by atoms with Crippen LogP contribution >= 0.6 is 0 Å². The second-order valence-electron chi connectivity index (χ2n) is 5.69. The molecule has 4 nitrogen and oxygen atoms in total. The van der Waals surface area contributed by atoms with E-state index in [1.54, 1.807) is 0 Å². The Labute approximate surface area is 114 Å². The van der Waals surface area contributed by atoms with Gasteiger partial charge in [-0.25, -0.2) is 4.79 Å². The van der Waals surface area contributed by atoms with Crippen molar-refractivity contribution in [2.75, 3.05) is 13.2 Å². The molecule has 0 aromatic carbocycles. The summed E-state index contributed by atoms with van der Waals surface area (Å²) in [5.74, 6) is 0.257. The van der Waals surface area contributed by atoms with E-state index in [-0.39, 0.29) is 11.9 Å². The van der Waals surface area contributed by atoms with E-state index in [1.165, 1.54) is 0 Å². The third kappa shape index (κ3) is 3.06. The normalized spacial score (nSPS) is 28.0. The maximum atomic E-state index is 11.9. The van der Waals surface area contributed by atoms with Gasteiger partial charge in [0, 0.05) is 43.0 Å². The van der Waals surface area contributed by atoms with Crippen LogP contribution in [0.25, 0.3) is 0 Å². The van der Waals surface area contributed by atoms with Crippen LogP contribution < -0.4 is 0 Å². The molecule has 2 atom stereocenters. The van der Waals surface area contributed by atoms with E-state index >= 15 is 0 Å². The monoisotopic (exact) mass is 265 g/mol. The Morgan fingerprint density at radius 1 is 1.53 bits per heavy atom. The molecule has 0 spiro atoms.